The molecule has 5 nitrogen and oxygen atoms in total. The minimum absolute atomic E-state index is 0.163. The Bertz CT molecular complexity index is 886. The van der Waals surface area contributed by atoms with Crippen LogP contribution in [0.4, 0.5) is 0 Å². The molecule has 0 N–H and O–H groups in total. The SMILES string of the molecule is COc1cc(OC)c(C=CC(=O)c2ccc(OC(=O)C(C)(C)C)cc2)cc1C. The molecule has 0 fully saturated rings. The zero-order valence-electron chi connectivity index (χ0n) is 17.2. The van der Waals surface area contributed by atoms with Crippen LogP contribution in [0, 0.1) is 12.3 Å². The lowest BCUT2D eigenvalue weighted by atomic mass is 9.97. The summed E-state index contributed by atoms with van der Waals surface area (Å²) in [5.41, 5.74) is 1.63. The van der Waals surface area contributed by atoms with Crippen LogP contribution in [0.3, 0.4) is 0 Å². The molecule has 0 bridgehead atoms. The van der Waals surface area contributed by atoms with Gasteiger partial charge in [-0.3, -0.25) is 9.59 Å². The molecule has 28 heavy (non-hydrogen) atoms. The fourth-order valence-electron chi connectivity index (χ4n) is 2.43. The van der Waals surface area contributed by atoms with Crippen LogP contribution in [0.1, 0.15) is 42.3 Å². The molecular formula is C23H26O5. The molecule has 2 aromatic carbocycles. The summed E-state index contributed by atoms with van der Waals surface area (Å²) in [4.78, 5) is 24.4. The van der Waals surface area contributed by atoms with E-state index in [-0.39, 0.29) is 11.8 Å². The Labute approximate surface area is 165 Å². The van der Waals surface area contributed by atoms with Crippen molar-refractivity contribution in [3.8, 4) is 17.2 Å². The number of hydrogen-bond donors (Lipinski definition) is 0. The van der Waals surface area contributed by atoms with Gasteiger partial charge in [-0.2, -0.15) is 0 Å². The van der Waals surface area contributed by atoms with Gasteiger partial charge in [0.1, 0.15) is 17.2 Å². The number of allylic oxidation sites excluding steroid dienone is 1. The molecule has 0 spiro atoms. The van der Waals surface area contributed by atoms with Crippen molar-refractivity contribution in [2.75, 3.05) is 14.2 Å². The molecule has 0 aliphatic carbocycles. The standard InChI is InChI=1S/C23H26O5/c1-15-13-17(21(27-6)14-20(15)26-5)9-12-19(24)16-7-10-18(11-8-16)28-22(25)23(2,3)4/h7-14H,1-6H3. The Morgan fingerprint density at radius 2 is 1.54 bits per heavy atom. The Kier molecular flexibility index (Phi) is 6.62. The highest BCUT2D eigenvalue weighted by Crippen LogP contribution is 2.29. The van der Waals surface area contributed by atoms with Gasteiger partial charge in [0.2, 0.25) is 0 Å². The third kappa shape index (κ3) is 5.22. The van der Waals surface area contributed by atoms with Crippen LogP contribution in [0.15, 0.2) is 42.5 Å². The number of benzene rings is 2. The molecule has 0 heterocycles. The smallest absolute Gasteiger partial charge is 0.316 e. The summed E-state index contributed by atoms with van der Waals surface area (Å²) in [6, 6.07) is 10.2. The quantitative estimate of drug-likeness (QED) is 0.309. The molecule has 0 unspecified atom stereocenters. The Balaban J connectivity index is 2.15. The van der Waals surface area contributed by atoms with Crippen LogP contribution in [-0.2, 0) is 4.79 Å². The molecule has 0 aliphatic heterocycles. The van der Waals surface area contributed by atoms with Gasteiger partial charge in [-0.15, -0.1) is 0 Å². The van der Waals surface area contributed by atoms with E-state index in [1.54, 1.807) is 71.4 Å². The van der Waals surface area contributed by atoms with E-state index in [2.05, 4.69) is 0 Å². The number of ketones is 1. The summed E-state index contributed by atoms with van der Waals surface area (Å²) >= 11 is 0. The number of aryl methyl sites for hydroxylation is 1. The van der Waals surface area contributed by atoms with Crippen molar-refractivity contribution in [1.82, 2.24) is 0 Å². The van der Waals surface area contributed by atoms with Crippen molar-refractivity contribution in [2.24, 2.45) is 5.41 Å². The van der Waals surface area contributed by atoms with Crippen LogP contribution in [-0.4, -0.2) is 26.0 Å². The van der Waals surface area contributed by atoms with Gasteiger partial charge in [0, 0.05) is 17.2 Å². The third-order valence-corrected chi connectivity index (χ3v) is 4.12. The van der Waals surface area contributed by atoms with E-state index in [9.17, 15) is 9.59 Å². The maximum Gasteiger partial charge on any atom is 0.316 e. The lowest BCUT2D eigenvalue weighted by molar-refractivity contribution is -0.142. The number of methoxy groups -OCH3 is 2. The fraction of sp³-hybridized carbons (Fsp3) is 0.304. The van der Waals surface area contributed by atoms with Crippen molar-refractivity contribution < 1.29 is 23.8 Å². The van der Waals surface area contributed by atoms with E-state index in [0.717, 1.165) is 16.9 Å². The number of esters is 1. The molecule has 2 rings (SSSR count). The van der Waals surface area contributed by atoms with Crippen LogP contribution in [0.25, 0.3) is 6.08 Å². The van der Waals surface area contributed by atoms with Gasteiger partial charge in [0.25, 0.3) is 0 Å². The molecule has 2 aromatic rings. The van der Waals surface area contributed by atoms with E-state index >= 15 is 0 Å². The van der Waals surface area contributed by atoms with Crippen molar-refractivity contribution >= 4 is 17.8 Å². The second kappa shape index (κ2) is 8.74. The topological polar surface area (TPSA) is 61.8 Å². The summed E-state index contributed by atoms with van der Waals surface area (Å²) in [7, 11) is 3.17. The molecular weight excluding hydrogens is 356 g/mol. The Morgan fingerprint density at radius 3 is 2.07 bits per heavy atom. The first kappa shape index (κ1) is 21.2. The number of hydrogen-bond acceptors (Lipinski definition) is 5. The minimum atomic E-state index is -0.590. The lowest BCUT2D eigenvalue weighted by Crippen LogP contribution is -2.25. The average Bonchev–Trinajstić information content (AvgIpc) is 2.66. The number of carbonyl (C=O) groups is 2. The second-order valence-electron chi connectivity index (χ2n) is 7.43. The maximum atomic E-state index is 12.5. The summed E-state index contributed by atoms with van der Waals surface area (Å²) in [5, 5.41) is 0. The zero-order valence-corrected chi connectivity index (χ0v) is 17.2. The van der Waals surface area contributed by atoms with Gasteiger partial charge in [0.15, 0.2) is 5.78 Å². The van der Waals surface area contributed by atoms with Crippen molar-refractivity contribution in [2.45, 2.75) is 27.7 Å². The van der Waals surface area contributed by atoms with E-state index in [1.165, 1.54) is 6.08 Å². The van der Waals surface area contributed by atoms with Gasteiger partial charge in [-0.05, 0) is 75.7 Å². The maximum absolute atomic E-state index is 12.5. The summed E-state index contributed by atoms with van der Waals surface area (Å²) < 4.78 is 16.0. The van der Waals surface area contributed by atoms with Gasteiger partial charge in [-0.1, -0.05) is 0 Å². The van der Waals surface area contributed by atoms with Crippen LogP contribution >= 0.6 is 0 Å². The molecule has 0 radical (unpaired) electrons. The molecule has 0 saturated carbocycles. The average molecular weight is 382 g/mol. The first-order valence-corrected chi connectivity index (χ1v) is 8.93. The first-order chi connectivity index (χ1) is 13.2. The fourth-order valence-corrected chi connectivity index (χ4v) is 2.43. The molecule has 0 atom stereocenters. The zero-order chi connectivity index (χ0) is 20.9. The minimum Gasteiger partial charge on any atom is -0.496 e. The number of carbonyl (C=O) groups excluding carboxylic acids is 2. The number of ether oxygens (including phenoxy) is 3. The predicted octanol–water partition coefficient (Wildman–Crippen LogP) is 4.86. The largest absolute Gasteiger partial charge is 0.496 e. The van der Waals surface area contributed by atoms with Crippen LogP contribution in [0.2, 0.25) is 0 Å². The lowest BCUT2D eigenvalue weighted by Gasteiger charge is -2.16. The normalized spacial score (nSPS) is 11.4. The van der Waals surface area contributed by atoms with Gasteiger partial charge >= 0.3 is 5.97 Å². The van der Waals surface area contributed by atoms with Crippen LogP contribution < -0.4 is 14.2 Å². The number of rotatable bonds is 6. The van der Waals surface area contributed by atoms with E-state index < -0.39 is 5.41 Å². The summed E-state index contributed by atoms with van der Waals surface area (Å²) in [6.45, 7) is 7.28. The Hall–Kier alpha value is -3.08. The predicted molar refractivity (Wildman–Crippen MR) is 109 cm³/mol. The first-order valence-electron chi connectivity index (χ1n) is 8.93. The van der Waals surface area contributed by atoms with Gasteiger partial charge in [-0.25, -0.2) is 0 Å². The second-order valence-corrected chi connectivity index (χ2v) is 7.43. The van der Waals surface area contributed by atoms with E-state index in [0.29, 0.717) is 17.1 Å². The van der Waals surface area contributed by atoms with Crippen molar-refractivity contribution in [3.05, 3.63) is 59.2 Å². The molecule has 148 valence electrons. The van der Waals surface area contributed by atoms with Crippen LogP contribution in [0.5, 0.6) is 17.2 Å². The monoisotopic (exact) mass is 382 g/mol. The highest BCUT2D eigenvalue weighted by Gasteiger charge is 2.23. The van der Waals surface area contributed by atoms with E-state index in [1.807, 2.05) is 13.0 Å². The molecule has 5 heteroatoms. The Morgan fingerprint density at radius 1 is 0.929 bits per heavy atom. The van der Waals surface area contributed by atoms with Crippen molar-refractivity contribution in [1.29, 1.82) is 0 Å². The molecule has 0 saturated heterocycles. The summed E-state index contributed by atoms with van der Waals surface area (Å²) in [6.07, 6.45) is 3.20. The van der Waals surface area contributed by atoms with Gasteiger partial charge in [0.05, 0.1) is 19.6 Å². The highest BCUT2D eigenvalue weighted by atomic mass is 16.5. The molecule has 0 aromatic heterocycles. The summed E-state index contributed by atoms with van der Waals surface area (Å²) in [5.74, 6) is 1.27. The molecule has 0 amide bonds. The third-order valence-electron chi connectivity index (χ3n) is 4.12. The van der Waals surface area contributed by atoms with E-state index in [4.69, 9.17) is 14.2 Å². The molecule has 0 aliphatic rings. The highest BCUT2D eigenvalue weighted by molar-refractivity contribution is 6.07. The van der Waals surface area contributed by atoms with Crippen molar-refractivity contribution in [3.63, 3.8) is 0 Å². The van der Waals surface area contributed by atoms with Gasteiger partial charge < -0.3 is 14.2 Å².